The van der Waals surface area contributed by atoms with Gasteiger partial charge in [-0.05, 0) is 23.1 Å². The number of halogens is 2. The minimum absolute atomic E-state index is 0.00907. The fourth-order valence-corrected chi connectivity index (χ4v) is 1.39. The molecule has 0 heterocycles. The molecule has 1 N–H and O–H groups in total. The summed E-state index contributed by atoms with van der Waals surface area (Å²) in [6.45, 7) is 3.87. The third-order valence-corrected chi connectivity index (χ3v) is 2.44. The molecule has 0 saturated heterocycles. The Balaban J connectivity index is 3.00. The number of hydrogen-bond acceptors (Lipinski definition) is 1. The van der Waals surface area contributed by atoms with Crippen LogP contribution in [0, 0.1) is 5.92 Å². The predicted molar refractivity (Wildman–Crippen MR) is 61.3 cm³/mol. The molecule has 0 fully saturated rings. The molecule has 88 valence electrons. The van der Waals surface area contributed by atoms with Gasteiger partial charge >= 0.3 is 0 Å². The Morgan fingerprint density at radius 2 is 2.06 bits per heavy atom. The van der Waals surface area contributed by atoms with Crippen LogP contribution < -0.4 is 0 Å². The van der Waals surface area contributed by atoms with Gasteiger partial charge in [0.15, 0.2) is 0 Å². The largest absolute Gasteiger partial charge is 0.392 e. The lowest BCUT2D eigenvalue weighted by Crippen LogP contribution is -1.99. The number of aliphatic hydroxyl groups excluding tert-OH is 1. The number of rotatable bonds is 4. The average Bonchev–Trinajstić information content (AvgIpc) is 2.25. The van der Waals surface area contributed by atoms with Gasteiger partial charge in [-0.2, -0.15) is 0 Å². The number of aliphatic hydroxyl groups is 1. The highest BCUT2D eigenvalue weighted by atomic mass is 19.3. The SMILES string of the molecule is CC(C)/C(=C/c1cccc(C(F)F)c1)CO. The van der Waals surface area contributed by atoms with Crippen molar-refractivity contribution >= 4 is 6.08 Å². The van der Waals surface area contributed by atoms with E-state index in [4.69, 9.17) is 5.11 Å². The van der Waals surface area contributed by atoms with E-state index in [0.29, 0.717) is 5.56 Å². The zero-order valence-electron chi connectivity index (χ0n) is 9.45. The van der Waals surface area contributed by atoms with Crippen LogP contribution in [0.25, 0.3) is 6.08 Å². The van der Waals surface area contributed by atoms with Crippen molar-refractivity contribution in [3.63, 3.8) is 0 Å². The second kappa shape index (κ2) is 5.75. The van der Waals surface area contributed by atoms with Gasteiger partial charge in [0.05, 0.1) is 6.61 Å². The zero-order valence-corrected chi connectivity index (χ0v) is 9.45. The second-order valence-corrected chi connectivity index (χ2v) is 4.00. The molecule has 0 saturated carbocycles. The van der Waals surface area contributed by atoms with E-state index in [9.17, 15) is 8.78 Å². The van der Waals surface area contributed by atoms with E-state index < -0.39 is 6.43 Å². The van der Waals surface area contributed by atoms with Crippen LogP contribution in [0.2, 0.25) is 0 Å². The molecule has 1 rings (SSSR count). The van der Waals surface area contributed by atoms with Crippen molar-refractivity contribution in [2.24, 2.45) is 5.92 Å². The van der Waals surface area contributed by atoms with E-state index in [1.165, 1.54) is 12.1 Å². The molecule has 0 radical (unpaired) electrons. The minimum atomic E-state index is -2.45. The van der Waals surface area contributed by atoms with Crippen LogP contribution in [0.4, 0.5) is 8.78 Å². The predicted octanol–water partition coefficient (Wildman–Crippen LogP) is 3.66. The lowest BCUT2D eigenvalue weighted by atomic mass is 10.0. The maximum atomic E-state index is 12.5. The van der Waals surface area contributed by atoms with Crippen LogP contribution in [0.15, 0.2) is 29.8 Å². The van der Waals surface area contributed by atoms with Crippen LogP contribution in [-0.2, 0) is 0 Å². The molecule has 0 bridgehead atoms. The summed E-state index contributed by atoms with van der Waals surface area (Å²) in [6.07, 6.45) is -0.693. The quantitative estimate of drug-likeness (QED) is 0.830. The van der Waals surface area contributed by atoms with Crippen molar-refractivity contribution in [3.8, 4) is 0 Å². The lowest BCUT2D eigenvalue weighted by Gasteiger charge is -2.08. The Kier molecular flexibility index (Phi) is 4.62. The first-order valence-electron chi connectivity index (χ1n) is 5.24. The van der Waals surface area contributed by atoms with Crippen molar-refractivity contribution in [3.05, 3.63) is 41.0 Å². The monoisotopic (exact) mass is 226 g/mol. The first kappa shape index (κ1) is 12.8. The van der Waals surface area contributed by atoms with E-state index in [1.54, 1.807) is 18.2 Å². The van der Waals surface area contributed by atoms with E-state index in [-0.39, 0.29) is 18.1 Å². The molecule has 1 aromatic rings. The highest BCUT2D eigenvalue weighted by Gasteiger charge is 2.07. The smallest absolute Gasteiger partial charge is 0.263 e. The van der Waals surface area contributed by atoms with Gasteiger partial charge in [-0.1, -0.05) is 38.1 Å². The number of alkyl halides is 2. The van der Waals surface area contributed by atoms with E-state index in [1.807, 2.05) is 13.8 Å². The van der Waals surface area contributed by atoms with E-state index in [0.717, 1.165) is 5.57 Å². The van der Waals surface area contributed by atoms with Gasteiger partial charge in [0, 0.05) is 5.56 Å². The Morgan fingerprint density at radius 1 is 1.38 bits per heavy atom. The highest BCUT2D eigenvalue weighted by Crippen LogP contribution is 2.21. The standard InChI is InChI=1S/C13H16F2O/c1-9(2)12(8-16)7-10-4-3-5-11(6-10)13(14)15/h3-7,9,13,16H,8H2,1-2H3/b12-7+. The maximum absolute atomic E-state index is 12.5. The van der Waals surface area contributed by atoms with Gasteiger partial charge in [-0.3, -0.25) is 0 Å². The Bertz CT molecular complexity index is 370. The second-order valence-electron chi connectivity index (χ2n) is 4.00. The van der Waals surface area contributed by atoms with Gasteiger partial charge in [0.2, 0.25) is 0 Å². The molecule has 0 aliphatic rings. The Labute approximate surface area is 94.4 Å². The molecule has 0 aliphatic carbocycles. The normalized spacial score (nSPS) is 12.6. The number of hydrogen-bond donors (Lipinski definition) is 1. The molecule has 0 atom stereocenters. The summed E-state index contributed by atoms with van der Waals surface area (Å²) in [5, 5.41) is 9.12. The van der Waals surface area contributed by atoms with Gasteiger partial charge in [0.25, 0.3) is 6.43 Å². The first-order valence-corrected chi connectivity index (χ1v) is 5.24. The van der Waals surface area contributed by atoms with Gasteiger partial charge in [-0.25, -0.2) is 8.78 Å². The van der Waals surface area contributed by atoms with Crippen molar-refractivity contribution in [1.82, 2.24) is 0 Å². The van der Waals surface area contributed by atoms with Crippen molar-refractivity contribution in [2.45, 2.75) is 20.3 Å². The molecule has 0 aromatic heterocycles. The molecular formula is C13H16F2O. The average molecular weight is 226 g/mol. The molecule has 0 unspecified atom stereocenters. The molecule has 1 aromatic carbocycles. The molecule has 16 heavy (non-hydrogen) atoms. The lowest BCUT2D eigenvalue weighted by molar-refractivity contribution is 0.151. The molecule has 0 amide bonds. The van der Waals surface area contributed by atoms with Crippen LogP contribution in [0.1, 0.15) is 31.4 Å². The van der Waals surface area contributed by atoms with Crippen LogP contribution in [0.5, 0.6) is 0 Å². The fourth-order valence-electron chi connectivity index (χ4n) is 1.39. The fraction of sp³-hybridized carbons (Fsp3) is 0.385. The first-order chi connectivity index (χ1) is 7.54. The third-order valence-electron chi connectivity index (χ3n) is 2.44. The van der Waals surface area contributed by atoms with Crippen molar-refractivity contribution < 1.29 is 13.9 Å². The van der Waals surface area contributed by atoms with Gasteiger partial charge in [0.1, 0.15) is 0 Å². The summed E-state index contributed by atoms with van der Waals surface area (Å²) in [5.74, 6) is 0.209. The summed E-state index contributed by atoms with van der Waals surface area (Å²) in [6, 6.07) is 6.20. The van der Waals surface area contributed by atoms with Gasteiger partial charge in [-0.15, -0.1) is 0 Å². The maximum Gasteiger partial charge on any atom is 0.263 e. The van der Waals surface area contributed by atoms with Crippen molar-refractivity contribution in [2.75, 3.05) is 6.61 Å². The highest BCUT2D eigenvalue weighted by molar-refractivity contribution is 5.54. The van der Waals surface area contributed by atoms with Crippen LogP contribution >= 0.6 is 0 Å². The molecule has 0 aliphatic heterocycles. The molecule has 3 heteroatoms. The summed E-state index contributed by atoms with van der Waals surface area (Å²) in [4.78, 5) is 0. The summed E-state index contributed by atoms with van der Waals surface area (Å²) < 4.78 is 24.9. The Hall–Kier alpha value is -1.22. The zero-order chi connectivity index (χ0) is 12.1. The minimum Gasteiger partial charge on any atom is -0.392 e. The van der Waals surface area contributed by atoms with Crippen LogP contribution in [-0.4, -0.2) is 11.7 Å². The summed E-state index contributed by atoms with van der Waals surface area (Å²) >= 11 is 0. The summed E-state index contributed by atoms with van der Waals surface area (Å²) in [7, 11) is 0. The van der Waals surface area contributed by atoms with Crippen molar-refractivity contribution in [1.29, 1.82) is 0 Å². The summed E-state index contributed by atoms with van der Waals surface area (Å²) in [5.41, 5.74) is 1.55. The Morgan fingerprint density at radius 3 is 2.56 bits per heavy atom. The molecule has 1 nitrogen and oxygen atoms in total. The van der Waals surface area contributed by atoms with E-state index in [2.05, 4.69) is 0 Å². The van der Waals surface area contributed by atoms with Gasteiger partial charge < -0.3 is 5.11 Å². The molecule has 0 spiro atoms. The third kappa shape index (κ3) is 3.42. The number of benzene rings is 1. The van der Waals surface area contributed by atoms with Crippen LogP contribution in [0.3, 0.4) is 0 Å². The van der Waals surface area contributed by atoms with E-state index >= 15 is 0 Å². The molecular weight excluding hydrogens is 210 g/mol. The topological polar surface area (TPSA) is 20.2 Å².